The zero-order valence-electron chi connectivity index (χ0n) is 11.0. The van der Waals surface area contributed by atoms with E-state index in [1.54, 1.807) is 7.11 Å². The smallest absolute Gasteiger partial charge is 0.165 e. The fraction of sp³-hybridized carbons (Fsp3) is 0.600. The molecule has 3 unspecified atom stereocenters. The predicted molar refractivity (Wildman–Crippen MR) is 80.5 cm³/mol. The van der Waals surface area contributed by atoms with Crippen molar-refractivity contribution in [1.82, 2.24) is 0 Å². The quantitative estimate of drug-likeness (QED) is 0.729. The summed E-state index contributed by atoms with van der Waals surface area (Å²) >= 11 is 9.60. The maximum atomic E-state index is 6.29. The van der Waals surface area contributed by atoms with Crippen molar-refractivity contribution in [2.45, 2.75) is 37.1 Å². The van der Waals surface area contributed by atoms with Gasteiger partial charge in [0.25, 0.3) is 0 Å². The zero-order chi connectivity index (χ0) is 13.4. The van der Waals surface area contributed by atoms with Crippen molar-refractivity contribution < 1.29 is 9.47 Å². The minimum Gasteiger partial charge on any atom is -0.493 e. The second-order valence-electron chi connectivity index (χ2n) is 5.56. The summed E-state index contributed by atoms with van der Waals surface area (Å²) in [5, 5.41) is 1.41. The maximum Gasteiger partial charge on any atom is 0.165 e. The van der Waals surface area contributed by atoms with Crippen molar-refractivity contribution in [2.24, 2.45) is 11.8 Å². The van der Waals surface area contributed by atoms with Gasteiger partial charge in [-0.15, -0.1) is 0 Å². The van der Waals surface area contributed by atoms with E-state index >= 15 is 0 Å². The molecular weight excluding hydrogens is 328 g/mol. The number of rotatable bonds is 4. The minimum absolute atomic E-state index is 0.353. The van der Waals surface area contributed by atoms with Gasteiger partial charge in [0, 0.05) is 22.0 Å². The lowest BCUT2D eigenvalue weighted by atomic mass is 9.97. The number of halogens is 2. The van der Waals surface area contributed by atoms with Crippen LogP contribution in [0, 0.1) is 11.8 Å². The van der Waals surface area contributed by atoms with Gasteiger partial charge in [0.15, 0.2) is 11.5 Å². The summed E-state index contributed by atoms with van der Waals surface area (Å²) in [5.41, 5.74) is 1.06. The van der Waals surface area contributed by atoms with Crippen molar-refractivity contribution >= 4 is 27.5 Å². The molecule has 1 aromatic rings. The Labute approximate surface area is 127 Å². The first kappa shape index (κ1) is 13.6. The Kier molecular flexibility index (Phi) is 3.95. The van der Waals surface area contributed by atoms with Gasteiger partial charge in [-0.25, -0.2) is 0 Å². The largest absolute Gasteiger partial charge is 0.493 e. The highest BCUT2D eigenvalue weighted by Crippen LogP contribution is 2.47. The van der Waals surface area contributed by atoms with Crippen LogP contribution in [0.1, 0.15) is 31.2 Å². The Morgan fingerprint density at radius 2 is 2.16 bits per heavy atom. The van der Waals surface area contributed by atoms with Crippen molar-refractivity contribution in [3.05, 3.63) is 22.7 Å². The number of benzene rings is 1. The standard InChI is InChI=1S/C15H18BrClO2/c1-18-14-7-12(17)6-11(8-16)15(14)19-13-5-9-2-3-10(13)4-9/h6-7,9-10,13H,2-5,8H2,1H3. The second kappa shape index (κ2) is 5.53. The van der Waals surface area contributed by atoms with Crippen LogP contribution in [-0.4, -0.2) is 13.2 Å². The normalized spacial score (nSPS) is 28.7. The Hall–Kier alpha value is -0.410. The summed E-state index contributed by atoms with van der Waals surface area (Å²) in [7, 11) is 1.66. The van der Waals surface area contributed by atoms with Gasteiger partial charge in [0.05, 0.1) is 7.11 Å². The molecule has 0 radical (unpaired) electrons. The maximum absolute atomic E-state index is 6.29. The van der Waals surface area contributed by atoms with Crippen LogP contribution in [-0.2, 0) is 5.33 Å². The lowest BCUT2D eigenvalue weighted by molar-refractivity contribution is 0.132. The number of alkyl halides is 1. The molecular formula is C15H18BrClO2. The average Bonchev–Trinajstić information content (AvgIpc) is 3.02. The van der Waals surface area contributed by atoms with Crippen molar-refractivity contribution in [2.75, 3.05) is 7.11 Å². The lowest BCUT2D eigenvalue weighted by Crippen LogP contribution is -2.24. The van der Waals surface area contributed by atoms with Crippen molar-refractivity contribution in [1.29, 1.82) is 0 Å². The molecule has 2 fully saturated rings. The number of ether oxygens (including phenoxy) is 2. The Morgan fingerprint density at radius 3 is 2.74 bits per heavy atom. The fourth-order valence-corrected chi connectivity index (χ4v) is 4.14. The molecule has 4 heteroatoms. The average molecular weight is 346 g/mol. The number of hydrogen-bond donors (Lipinski definition) is 0. The third-order valence-corrected chi connectivity index (χ3v) is 5.23. The van der Waals surface area contributed by atoms with Crippen LogP contribution >= 0.6 is 27.5 Å². The van der Waals surface area contributed by atoms with Gasteiger partial charge in [0.2, 0.25) is 0 Å². The van der Waals surface area contributed by atoms with Gasteiger partial charge in [0.1, 0.15) is 6.10 Å². The molecule has 19 heavy (non-hydrogen) atoms. The Bertz CT molecular complexity index is 452. The fourth-order valence-electron chi connectivity index (χ4n) is 3.49. The third-order valence-electron chi connectivity index (χ3n) is 4.40. The summed E-state index contributed by atoms with van der Waals surface area (Å²) in [6.07, 6.45) is 5.58. The lowest BCUT2D eigenvalue weighted by Gasteiger charge is -2.25. The molecule has 2 bridgehead atoms. The van der Waals surface area contributed by atoms with Crippen LogP contribution in [0.5, 0.6) is 11.5 Å². The number of hydrogen-bond acceptors (Lipinski definition) is 2. The van der Waals surface area contributed by atoms with Gasteiger partial charge in [-0.3, -0.25) is 0 Å². The molecule has 0 heterocycles. The van der Waals surface area contributed by atoms with E-state index in [1.807, 2.05) is 12.1 Å². The van der Waals surface area contributed by atoms with E-state index in [9.17, 15) is 0 Å². The van der Waals surface area contributed by atoms with E-state index in [1.165, 1.54) is 25.7 Å². The van der Waals surface area contributed by atoms with Crippen LogP contribution in [0.15, 0.2) is 12.1 Å². The summed E-state index contributed by atoms with van der Waals surface area (Å²) in [6.45, 7) is 0. The van der Waals surface area contributed by atoms with E-state index in [-0.39, 0.29) is 0 Å². The topological polar surface area (TPSA) is 18.5 Å². The predicted octanol–water partition coefficient (Wildman–Crippen LogP) is 4.81. The van der Waals surface area contributed by atoms with Gasteiger partial charge >= 0.3 is 0 Å². The summed E-state index contributed by atoms with van der Waals surface area (Å²) in [4.78, 5) is 0. The van der Waals surface area contributed by atoms with Gasteiger partial charge < -0.3 is 9.47 Å². The molecule has 2 saturated carbocycles. The van der Waals surface area contributed by atoms with Crippen LogP contribution in [0.2, 0.25) is 5.02 Å². The molecule has 2 nitrogen and oxygen atoms in total. The highest BCUT2D eigenvalue weighted by atomic mass is 79.9. The van der Waals surface area contributed by atoms with E-state index in [2.05, 4.69) is 15.9 Å². The highest BCUT2D eigenvalue weighted by molar-refractivity contribution is 9.08. The van der Waals surface area contributed by atoms with E-state index in [0.29, 0.717) is 11.1 Å². The summed E-state index contributed by atoms with van der Waals surface area (Å²) in [5.74, 6) is 3.21. The van der Waals surface area contributed by atoms with Gasteiger partial charge in [-0.05, 0) is 43.6 Å². The summed E-state index contributed by atoms with van der Waals surface area (Å²) < 4.78 is 11.7. The molecule has 0 aliphatic heterocycles. The van der Waals surface area contributed by atoms with E-state index in [0.717, 1.165) is 34.2 Å². The third kappa shape index (κ3) is 2.59. The Balaban J connectivity index is 1.87. The van der Waals surface area contributed by atoms with E-state index < -0.39 is 0 Å². The first-order valence-corrected chi connectivity index (χ1v) is 8.30. The molecule has 104 valence electrons. The van der Waals surface area contributed by atoms with Crippen molar-refractivity contribution in [3.63, 3.8) is 0 Å². The molecule has 2 aliphatic carbocycles. The zero-order valence-corrected chi connectivity index (χ0v) is 13.3. The number of fused-ring (bicyclic) bond motifs is 2. The first-order valence-electron chi connectivity index (χ1n) is 6.80. The molecule has 0 amide bonds. The van der Waals surface area contributed by atoms with Crippen molar-refractivity contribution in [3.8, 4) is 11.5 Å². The molecule has 0 spiro atoms. The molecule has 0 N–H and O–H groups in total. The Morgan fingerprint density at radius 1 is 1.32 bits per heavy atom. The first-order chi connectivity index (χ1) is 9.21. The van der Waals surface area contributed by atoms with Crippen LogP contribution in [0.4, 0.5) is 0 Å². The monoisotopic (exact) mass is 344 g/mol. The highest BCUT2D eigenvalue weighted by Gasteiger charge is 2.41. The summed E-state index contributed by atoms with van der Waals surface area (Å²) in [6, 6.07) is 3.78. The van der Waals surface area contributed by atoms with Gasteiger partial charge in [-0.1, -0.05) is 27.5 Å². The van der Waals surface area contributed by atoms with Gasteiger partial charge in [-0.2, -0.15) is 0 Å². The van der Waals surface area contributed by atoms with Crippen LogP contribution in [0.3, 0.4) is 0 Å². The molecule has 3 rings (SSSR count). The SMILES string of the molecule is COc1cc(Cl)cc(CBr)c1OC1CC2CCC1C2. The molecule has 0 aromatic heterocycles. The number of methoxy groups -OCH3 is 1. The molecule has 0 saturated heterocycles. The van der Waals surface area contributed by atoms with Crippen LogP contribution < -0.4 is 9.47 Å². The molecule has 1 aromatic carbocycles. The van der Waals surface area contributed by atoms with Crippen LogP contribution in [0.25, 0.3) is 0 Å². The second-order valence-corrected chi connectivity index (χ2v) is 6.56. The van der Waals surface area contributed by atoms with E-state index in [4.69, 9.17) is 21.1 Å². The minimum atomic E-state index is 0.353. The molecule has 3 atom stereocenters. The molecule has 2 aliphatic rings.